The van der Waals surface area contributed by atoms with Gasteiger partial charge in [-0.25, -0.2) is 0 Å². The molecule has 0 unspecified atom stereocenters. The van der Waals surface area contributed by atoms with Crippen molar-refractivity contribution in [2.45, 2.75) is 37.6 Å². The number of ether oxygens (including phenoxy) is 1. The molecule has 14 heavy (non-hydrogen) atoms. The first kappa shape index (κ1) is 11.4. The van der Waals surface area contributed by atoms with E-state index in [2.05, 4.69) is 12.2 Å². The van der Waals surface area contributed by atoms with Crippen molar-refractivity contribution in [1.82, 2.24) is 5.32 Å². The summed E-state index contributed by atoms with van der Waals surface area (Å²) in [5, 5.41) is 30.4. The summed E-state index contributed by atoms with van der Waals surface area (Å²) >= 11 is 0. The Morgan fingerprint density at radius 2 is 1.93 bits per heavy atom. The standard InChI is InChI=1S/C8H14NO5/c1-3-6(11)7(12)5(8(13)14-3)9-4(2)10/h3,5-8,11-13H,1H2,2H3,(H,9,10)/q-1/t3-,5-,6+,7-,8+/m1/s1. The molecule has 4 N–H and O–H groups in total. The van der Waals surface area contributed by atoms with E-state index in [0.717, 1.165) is 0 Å². The monoisotopic (exact) mass is 204 g/mol. The minimum Gasteiger partial charge on any atom is -0.391 e. The second kappa shape index (κ2) is 4.22. The summed E-state index contributed by atoms with van der Waals surface area (Å²) in [5.41, 5.74) is 0. The lowest BCUT2D eigenvalue weighted by molar-refractivity contribution is -0.235. The molecular weight excluding hydrogens is 190 g/mol. The molecule has 0 saturated carbocycles. The molecule has 1 amide bonds. The maximum Gasteiger partial charge on any atom is 0.217 e. The number of rotatable bonds is 1. The molecule has 82 valence electrons. The normalized spacial score (nSPS) is 43.4. The number of hydrogen-bond donors (Lipinski definition) is 4. The van der Waals surface area contributed by atoms with Crippen molar-refractivity contribution >= 4 is 5.91 Å². The molecule has 0 radical (unpaired) electrons. The van der Waals surface area contributed by atoms with E-state index >= 15 is 0 Å². The zero-order valence-electron chi connectivity index (χ0n) is 7.75. The number of aliphatic hydroxyl groups is 3. The maximum absolute atomic E-state index is 10.7. The predicted molar refractivity (Wildman–Crippen MR) is 45.9 cm³/mol. The minimum atomic E-state index is -1.36. The van der Waals surface area contributed by atoms with E-state index < -0.39 is 36.6 Å². The van der Waals surface area contributed by atoms with Gasteiger partial charge in [-0.1, -0.05) is 0 Å². The van der Waals surface area contributed by atoms with Crippen LogP contribution in [-0.2, 0) is 9.53 Å². The Labute approximate surface area is 81.5 Å². The fourth-order valence-electron chi connectivity index (χ4n) is 1.34. The van der Waals surface area contributed by atoms with Crippen molar-refractivity contribution in [2.75, 3.05) is 0 Å². The number of aliphatic hydroxyl groups excluding tert-OH is 3. The third-order valence-electron chi connectivity index (χ3n) is 2.09. The summed E-state index contributed by atoms with van der Waals surface area (Å²) in [5.74, 6) is -0.425. The zero-order chi connectivity index (χ0) is 10.9. The molecule has 0 aliphatic carbocycles. The highest BCUT2D eigenvalue weighted by Gasteiger charge is 2.39. The molecule has 1 aliphatic rings. The van der Waals surface area contributed by atoms with Gasteiger partial charge in [0.05, 0.1) is 6.10 Å². The lowest BCUT2D eigenvalue weighted by Crippen LogP contribution is -2.62. The molecule has 5 atom stereocenters. The second-order valence-electron chi connectivity index (χ2n) is 3.27. The molecule has 1 saturated heterocycles. The van der Waals surface area contributed by atoms with Crippen LogP contribution in [0.2, 0.25) is 0 Å². The Hall–Kier alpha value is -0.690. The first-order valence-electron chi connectivity index (χ1n) is 4.23. The summed E-state index contributed by atoms with van der Waals surface area (Å²) in [6.45, 7) is 4.63. The molecule has 1 aliphatic heterocycles. The third kappa shape index (κ3) is 2.21. The largest absolute Gasteiger partial charge is 0.391 e. The first-order chi connectivity index (χ1) is 6.43. The number of carbonyl (C=O) groups excluding carboxylic acids is 1. The van der Waals surface area contributed by atoms with Crippen molar-refractivity contribution in [3.8, 4) is 0 Å². The molecule has 0 spiro atoms. The van der Waals surface area contributed by atoms with Crippen molar-refractivity contribution in [3.63, 3.8) is 0 Å². The summed E-state index contributed by atoms with van der Waals surface area (Å²) in [4.78, 5) is 10.7. The smallest absolute Gasteiger partial charge is 0.217 e. The van der Waals surface area contributed by atoms with Gasteiger partial charge in [0, 0.05) is 6.92 Å². The third-order valence-corrected chi connectivity index (χ3v) is 2.09. The molecule has 0 aromatic heterocycles. The highest BCUT2D eigenvalue weighted by Crippen LogP contribution is 2.18. The molecule has 0 bridgehead atoms. The van der Waals surface area contributed by atoms with Crippen molar-refractivity contribution in [1.29, 1.82) is 0 Å². The van der Waals surface area contributed by atoms with Crippen LogP contribution in [0.4, 0.5) is 0 Å². The van der Waals surface area contributed by atoms with Gasteiger partial charge >= 0.3 is 0 Å². The van der Waals surface area contributed by atoms with E-state index in [1.165, 1.54) is 6.92 Å². The molecule has 0 aromatic rings. The molecule has 1 rings (SSSR count). The number of amides is 1. The van der Waals surface area contributed by atoms with Gasteiger partial charge in [-0.2, -0.15) is 0 Å². The SMILES string of the molecule is [CH2-][C@H]1O[C@H](O)[C@H](NC(C)=O)[C@@H](O)[C@H]1O. The number of nitrogens with one attached hydrogen (secondary N) is 1. The van der Waals surface area contributed by atoms with E-state index in [0.29, 0.717) is 0 Å². The van der Waals surface area contributed by atoms with E-state index in [9.17, 15) is 20.1 Å². The van der Waals surface area contributed by atoms with Crippen LogP contribution in [-0.4, -0.2) is 51.9 Å². The number of hydrogen-bond acceptors (Lipinski definition) is 5. The molecule has 0 aromatic carbocycles. The highest BCUT2D eigenvalue weighted by molar-refractivity contribution is 5.73. The quantitative estimate of drug-likeness (QED) is 0.362. The van der Waals surface area contributed by atoms with Crippen molar-refractivity contribution in [3.05, 3.63) is 6.92 Å². The topological polar surface area (TPSA) is 99.0 Å². The van der Waals surface area contributed by atoms with Crippen LogP contribution in [0.5, 0.6) is 0 Å². The average Bonchev–Trinajstić information content (AvgIpc) is 2.09. The number of carbonyl (C=O) groups is 1. The van der Waals surface area contributed by atoms with Gasteiger partial charge < -0.3 is 32.3 Å². The van der Waals surface area contributed by atoms with Gasteiger partial charge in [0.2, 0.25) is 5.91 Å². The van der Waals surface area contributed by atoms with Gasteiger partial charge in [-0.15, -0.1) is 0 Å². The Bertz CT molecular complexity index is 222. The van der Waals surface area contributed by atoms with Gasteiger partial charge in [-0.05, 0) is 6.10 Å². The van der Waals surface area contributed by atoms with E-state index in [4.69, 9.17) is 4.74 Å². The Kier molecular flexibility index (Phi) is 3.43. The minimum absolute atomic E-state index is 0.425. The summed E-state index contributed by atoms with van der Waals surface area (Å²) in [6, 6.07) is -1.03. The highest BCUT2D eigenvalue weighted by atomic mass is 16.6. The lowest BCUT2D eigenvalue weighted by Gasteiger charge is -2.42. The molecule has 1 fully saturated rings. The van der Waals surface area contributed by atoms with Gasteiger partial charge in [0.25, 0.3) is 0 Å². The van der Waals surface area contributed by atoms with Crippen LogP contribution in [0.3, 0.4) is 0 Å². The Balaban J connectivity index is 2.68. The average molecular weight is 204 g/mol. The van der Waals surface area contributed by atoms with Crippen molar-refractivity contribution in [2.24, 2.45) is 0 Å². The van der Waals surface area contributed by atoms with Crippen LogP contribution in [0.15, 0.2) is 0 Å². The fraction of sp³-hybridized carbons (Fsp3) is 0.750. The maximum atomic E-state index is 10.7. The molecule has 6 nitrogen and oxygen atoms in total. The Morgan fingerprint density at radius 3 is 2.43 bits per heavy atom. The first-order valence-corrected chi connectivity index (χ1v) is 4.23. The Morgan fingerprint density at radius 1 is 1.36 bits per heavy atom. The lowest BCUT2D eigenvalue weighted by atomic mass is 9.98. The van der Waals surface area contributed by atoms with Crippen LogP contribution in [0.1, 0.15) is 6.92 Å². The summed E-state index contributed by atoms with van der Waals surface area (Å²) < 4.78 is 4.80. The van der Waals surface area contributed by atoms with Gasteiger partial charge in [-0.3, -0.25) is 4.79 Å². The van der Waals surface area contributed by atoms with Crippen LogP contribution < -0.4 is 5.32 Å². The van der Waals surface area contributed by atoms with E-state index in [1.54, 1.807) is 0 Å². The summed E-state index contributed by atoms with van der Waals surface area (Å²) in [7, 11) is 0. The van der Waals surface area contributed by atoms with Crippen LogP contribution in [0.25, 0.3) is 0 Å². The molecular formula is C8H14NO5-. The van der Waals surface area contributed by atoms with Crippen molar-refractivity contribution < 1.29 is 24.9 Å². The molecule has 1 heterocycles. The predicted octanol–water partition coefficient (Wildman–Crippen LogP) is -2.24. The van der Waals surface area contributed by atoms with Gasteiger partial charge in [0.1, 0.15) is 12.1 Å². The zero-order valence-corrected chi connectivity index (χ0v) is 7.75. The second-order valence-corrected chi connectivity index (χ2v) is 3.27. The van der Waals surface area contributed by atoms with E-state index in [1.807, 2.05) is 0 Å². The summed E-state index contributed by atoms with van der Waals surface area (Å²) in [6.07, 6.45) is -4.79. The molecule has 6 heteroatoms. The fourth-order valence-corrected chi connectivity index (χ4v) is 1.34. The van der Waals surface area contributed by atoms with Crippen LogP contribution >= 0.6 is 0 Å². The van der Waals surface area contributed by atoms with Gasteiger partial charge in [0.15, 0.2) is 6.29 Å². The van der Waals surface area contributed by atoms with Crippen LogP contribution in [0, 0.1) is 6.92 Å². The van der Waals surface area contributed by atoms with E-state index in [-0.39, 0.29) is 0 Å².